The van der Waals surface area contributed by atoms with Crippen molar-refractivity contribution in [2.75, 3.05) is 39.1 Å². The average molecular weight is 373 g/mol. The van der Waals surface area contributed by atoms with Crippen molar-refractivity contribution in [3.63, 3.8) is 0 Å². The van der Waals surface area contributed by atoms with E-state index in [1.54, 1.807) is 11.8 Å². The summed E-state index contributed by atoms with van der Waals surface area (Å²) in [5.74, 6) is 2.63. The molecule has 134 valence electrons. The van der Waals surface area contributed by atoms with Crippen LogP contribution in [0.2, 0.25) is 0 Å². The van der Waals surface area contributed by atoms with Gasteiger partial charge in [-0.2, -0.15) is 0 Å². The molecule has 0 aliphatic carbocycles. The molecule has 2 aliphatic rings. The number of hydrogen-bond acceptors (Lipinski definition) is 5. The number of nitrogens with zero attached hydrogens (tertiary/aromatic N) is 1. The lowest BCUT2D eigenvalue weighted by Gasteiger charge is -2.23. The van der Waals surface area contributed by atoms with Gasteiger partial charge in [0, 0.05) is 43.1 Å². The number of amides is 1. The van der Waals surface area contributed by atoms with E-state index in [1.165, 1.54) is 0 Å². The van der Waals surface area contributed by atoms with Crippen LogP contribution in [0.1, 0.15) is 19.3 Å². The van der Waals surface area contributed by atoms with Crippen molar-refractivity contribution in [3.8, 4) is 11.5 Å². The largest absolute Gasteiger partial charge is 0.490 e. The van der Waals surface area contributed by atoms with Gasteiger partial charge < -0.3 is 19.7 Å². The highest BCUT2D eigenvalue weighted by atomic mass is 35.5. The van der Waals surface area contributed by atoms with Gasteiger partial charge in [-0.1, -0.05) is 0 Å². The van der Waals surface area contributed by atoms with Crippen molar-refractivity contribution in [2.45, 2.75) is 30.2 Å². The van der Waals surface area contributed by atoms with E-state index in [0.717, 1.165) is 48.1 Å². The van der Waals surface area contributed by atoms with Crippen LogP contribution in [-0.4, -0.2) is 56.0 Å². The standard InChI is InChI=1S/C17H24N2O3S.ClH/c1-19(13-5-7-18-12-13)17(20)6-10-23-14-3-4-15-16(11-14)22-9-2-8-21-15;/h3-4,11,13,18H,2,5-10,12H2,1H3;1H. The molecule has 7 heteroatoms. The number of thioether (sulfide) groups is 1. The summed E-state index contributed by atoms with van der Waals surface area (Å²) < 4.78 is 11.3. The number of likely N-dealkylation sites (N-methyl/N-ethyl adjacent to an activating group) is 1. The number of halogens is 1. The van der Waals surface area contributed by atoms with Gasteiger partial charge in [0.05, 0.1) is 13.2 Å². The summed E-state index contributed by atoms with van der Waals surface area (Å²) >= 11 is 1.69. The number of hydrogen-bond donors (Lipinski definition) is 1. The van der Waals surface area contributed by atoms with E-state index in [9.17, 15) is 4.79 Å². The number of carbonyl (C=O) groups is 1. The zero-order valence-corrected chi connectivity index (χ0v) is 15.6. The molecule has 0 radical (unpaired) electrons. The first-order valence-electron chi connectivity index (χ1n) is 8.23. The maximum absolute atomic E-state index is 12.2. The number of fused-ring (bicyclic) bond motifs is 1. The molecular weight excluding hydrogens is 348 g/mol. The fraction of sp³-hybridized carbons (Fsp3) is 0.588. The Bertz CT molecular complexity index is 553. The van der Waals surface area contributed by atoms with Crippen molar-refractivity contribution in [1.82, 2.24) is 10.2 Å². The maximum atomic E-state index is 12.2. The Balaban J connectivity index is 0.00000208. The Labute approximate surface area is 153 Å². The molecule has 24 heavy (non-hydrogen) atoms. The second kappa shape index (κ2) is 9.39. The summed E-state index contributed by atoms with van der Waals surface area (Å²) in [5.41, 5.74) is 0. The second-order valence-electron chi connectivity index (χ2n) is 5.91. The van der Waals surface area contributed by atoms with Gasteiger partial charge in [0.1, 0.15) is 0 Å². The van der Waals surface area contributed by atoms with E-state index in [0.29, 0.717) is 25.7 Å². The second-order valence-corrected chi connectivity index (χ2v) is 7.08. The molecule has 1 N–H and O–H groups in total. The number of carbonyl (C=O) groups excluding carboxylic acids is 1. The number of benzene rings is 1. The van der Waals surface area contributed by atoms with Crippen molar-refractivity contribution in [3.05, 3.63) is 18.2 Å². The molecule has 1 fully saturated rings. The van der Waals surface area contributed by atoms with Crippen molar-refractivity contribution in [1.29, 1.82) is 0 Å². The quantitative estimate of drug-likeness (QED) is 0.805. The van der Waals surface area contributed by atoms with E-state index in [4.69, 9.17) is 9.47 Å². The number of ether oxygens (including phenoxy) is 2. The fourth-order valence-corrected chi connectivity index (χ4v) is 3.71. The van der Waals surface area contributed by atoms with Crippen molar-refractivity contribution < 1.29 is 14.3 Å². The highest BCUT2D eigenvalue weighted by Crippen LogP contribution is 2.34. The molecule has 1 saturated heterocycles. The zero-order valence-electron chi connectivity index (χ0n) is 14.0. The van der Waals surface area contributed by atoms with E-state index < -0.39 is 0 Å². The molecule has 1 aromatic rings. The van der Waals surface area contributed by atoms with Crippen LogP contribution in [0.4, 0.5) is 0 Å². The molecule has 2 aliphatic heterocycles. The smallest absolute Gasteiger partial charge is 0.223 e. The highest BCUT2D eigenvalue weighted by molar-refractivity contribution is 7.99. The Morgan fingerprint density at radius 2 is 2.12 bits per heavy atom. The lowest BCUT2D eigenvalue weighted by atomic mass is 10.2. The predicted molar refractivity (Wildman–Crippen MR) is 98.7 cm³/mol. The molecule has 1 aromatic carbocycles. The molecule has 1 atom stereocenters. The normalized spacial score (nSPS) is 19.3. The molecule has 0 saturated carbocycles. The Morgan fingerprint density at radius 3 is 2.88 bits per heavy atom. The van der Waals surface area contributed by atoms with Crippen LogP contribution >= 0.6 is 24.2 Å². The molecule has 1 amide bonds. The lowest BCUT2D eigenvalue weighted by molar-refractivity contribution is -0.131. The van der Waals surface area contributed by atoms with Crippen LogP contribution in [0.3, 0.4) is 0 Å². The first-order valence-corrected chi connectivity index (χ1v) is 9.21. The van der Waals surface area contributed by atoms with Crippen LogP contribution in [0.15, 0.2) is 23.1 Å². The van der Waals surface area contributed by atoms with Crippen LogP contribution < -0.4 is 14.8 Å². The van der Waals surface area contributed by atoms with E-state index in [2.05, 4.69) is 5.32 Å². The van der Waals surface area contributed by atoms with Gasteiger partial charge in [-0.05, 0) is 31.2 Å². The molecule has 0 spiro atoms. The molecule has 1 unspecified atom stereocenters. The fourth-order valence-electron chi connectivity index (χ4n) is 2.84. The molecular formula is C17H25ClN2O3S. The van der Waals surface area contributed by atoms with Crippen LogP contribution in [0.5, 0.6) is 11.5 Å². The van der Waals surface area contributed by atoms with Crippen LogP contribution in [0, 0.1) is 0 Å². The highest BCUT2D eigenvalue weighted by Gasteiger charge is 2.22. The Morgan fingerprint density at radius 1 is 1.33 bits per heavy atom. The first-order chi connectivity index (χ1) is 11.2. The van der Waals surface area contributed by atoms with Gasteiger partial charge in [0.15, 0.2) is 11.5 Å². The van der Waals surface area contributed by atoms with Crippen molar-refractivity contribution in [2.24, 2.45) is 0 Å². The van der Waals surface area contributed by atoms with Gasteiger partial charge in [-0.25, -0.2) is 0 Å². The summed E-state index contributed by atoms with van der Waals surface area (Å²) in [5, 5.41) is 3.30. The molecule has 3 rings (SSSR count). The molecule has 5 nitrogen and oxygen atoms in total. The van der Waals surface area contributed by atoms with Gasteiger partial charge >= 0.3 is 0 Å². The minimum Gasteiger partial charge on any atom is -0.490 e. The molecule has 0 bridgehead atoms. The molecule has 0 aromatic heterocycles. The summed E-state index contributed by atoms with van der Waals surface area (Å²) in [6.45, 7) is 3.32. The van der Waals surface area contributed by atoms with Gasteiger partial charge in [-0.3, -0.25) is 4.79 Å². The van der Waals surface area contributed by atoms with E-state index in [-0.39, 0.29) is 18.3 Å². The summed E-state index contributed by atoms with van der Waals surface area (Å²) in [6.07, 6.45) is 2.53. The third kappa shape index (κ3) is 4.94. The summed E-state index contributed by atoms with van der Waals surface area (Å²) in [6, 6.07) is 6.36. The third-order valence-corrected chi connectivity index (χ3v) is 5.27. The van der Waals surface area contributed by atoms with Gasteiger partial charge in [-0.15, -0.1) is 24.2 Å². The maximum Gasteiger partial charge on any atom is 0.223 e. The lowest BCUT2D eigenvalue weighted by Crippen LogP contribution is -2.38. The topological polar surface area (TPSA) is 50.8 Å². The van der Waals surface area contributed by atoms with Gasteiger partial charge in [0.25, 0.3) is 0 Å². The minimum atomic E-state index is 0. The Hall–Kier alpha value is -1.11. The first kappa shape index (κ1) is 19.2. The average Bonchev–Trinajstić information content (AvgIpc) is 3.00. The number of rotatable bonds is 5. The zero-order chi connectivity index (χ0) is 16.1. The SMILES string of the molecule is CN(C(=O)CCSc1ccc2c(c1)OCCCO2)C1CCNC1.Cl. The summed E-state index contributed by atoms with van der Waals surface area (Å²) in [4.78, 5) is 15.3. The van der Waals surface area contributed by atoms with Crippen LogP contribution in [0.25, 0.3) is 0 Å². The third-order valence-electron chi connectivity index (χ3n) is 4.28. The van der Waals surface area contributed by atoms with Crippen LogP contribution in [-0.2, 0) is 4.79 Å². The number of nitrogens with one attached hydrogen (secondary N) is 1. The van der Waals surface area contributed by atoms with E-state index >= 15 is 0 Å². The predicted octanol–water partition coefficient (Wildman–Crippen LogP) is 2.57. The monoisotopic (exact) mass is 372 g/mol. The van der Waals surface area contributed by atoms with Gasteiger partial charge in [0.2, 0.25) is 5.91 Å². The summed E-state index contributed by atoms with van der Waals surface area (Å²) in [7, 11) is 1.91. The molecule has 2 heterocycles. The Kier molecular flexibility index (Phi) is 7.52. The van der Waals surface area contributed by atoms with Crippen molar-refractivity contribution >= 4 is 30.1 Å². The minimum absolute atomic E-state index is 0. The van der Waals surface area contributed by atoms with E-state index in [1.807, 2.05) is 30.1 Å².